The Morgan fingerprint density at radius 2 is 1.16 bits per heavy atom. The van der Waals surface area contributed by atoms with Crippen molar-refractivity contribution in [1.82, 2.24) is 9.47 Å². The highest BCUT2D eigenvalue weighted by atomic mass is 19.1. The molecule has 1 aromatic heterocycles. The van der Waals surface area contributed by atoms with Crippen molar-refractivity contribution in [3.05, 3.63) is 108 Å². The number of aromatic nitrogens is 1. The van der Waals surface area contributed by atoms with Crippen molar-refractivity contribution in [1.29, 1.82) is 0 Å². The van der Waals surface area contributed by atoms with Gasteiger partial charge in [0.05, 0.1) is 17.0 Å². The molecule has 5 aromatic rings. The Hall–Kier alpha value is -6.23. The molecule has 4 heterocycles. The molecule has 11 heteroatoms. The van der Waals surface area contributed by atoms with Crippen LogP contribution in [-0.4, -0.2) is 53.5 Å². The molecule has 4 aromatic carbocycles. The maximum absolute atomic E-state index is 15.1. The Kier molecular flexibility index (Phi) is 4.66. The first-order chi connectivity index (χ1) is 21.3. The summed E-state index contributed by atoms with van der Waals surface area (Å²) in [6.45, 7) is 0. The van der Waals surface area contributed by atoms with Crippen LogP contribution in [0.1, 0.15) is 17.0 Å². The van der Waals surface area contributed by atoms with Gasteiger partial charge in [-0.1, -0.05) is 12.1 Å². The van der Waals surface area contributed by atoms with Gasteiger partial charge in [0, 0.05) is 35.1 Å². The van der Waals surface area contributed by atoms with Crippen LogP contribution in [0, 0.1) is 0 Å². The van der Waals surface area contributed by atoms with Crippen molar-refractivity contribution >= 4 is 45.4 Å². The molecule has 0 amide bonds. The number of rotatable bonds is 1. The number of guanidine groups is 1. The lowest BCUT2D eigenvalue weighted by Gasteiger charge is -2.32. The first-order valence-electron chi connectivity index (χ1n) is 13.7. The minimum Gasteiger partial charge on any atom is -0.508 e. The van der Waals surface area contributed by atoms with Crippen molar-refractivity contribution in [3.8, 4) is 34.1 Å². The predicted octanol–water partition coefficient (Wildman–Crippen LogP) is 5.82. The molecular formula is C33H19FN6O4. The molecule has 3 aliphatic heterocycles. The lowest BCUT2D eigenvalue weighted by molar-refractivity contribution is 0.474. The van der Waals surface area contributed by atoms with Crippen LogP contribution in [0.2, 0.25) is 0 Å². The molecule has 4 aliphatic rings. The van der Waals surface area contributed by atoms with E-state index in [-0.39, 0.29) is 52.4 Å². The van der Waals surface area contributed by atoms with Crippen LogP contribution >= 0.6 is 0 Å². The summed E-state index contributed by atoms with van der Waals surface area (Å²) in [5, 5.41) is 43.1. The van der Waals surface area contributed by atoms with Crippen LogP contribution in [-0.2, 0) is 0 Å². The molecule has 10 nitrogen and oxygen atoms in total. The molecule has 0 bridgehead atoms. The van der Waals surface area contributed by atoms with Gasteiger partial charge in [-0.3, -0.25) is 4.57 Å². The Labute approximate surface area is 247 Å². The third kappa shape index (κ3) is 3.34. The average Bonchev–Trinajstić information content (AvgIpc) is 3.46. The number of nitrogens with zero attached hydrogens (tertiary/aromatic N) is 6. The van der Waals surface area contributed by atoms with E-state index >= 15 is 4.39 Å². The van der Waals surface area contributed by atoms with Crippen LogP contribution in [0.5, 0.6) is 23.0 Å². The maximum atomic E-state index is 15.1. The van der Waals surface area contributed by atoms with Crippen molar-refractivity contribution < 1.29 is 24.8 Å². The molecule has 1 aliphatic carbocycles. The van der Waals surface area contributed by atoms with Crippen LogP contribution in [0.3, 0.4) is 0 Å². The molecule has 0 spiro atoms. The number of hydrogen-bond donors (Lipinski definition) is 4. The highest BCUT2D eigenvalue weighted by molar-refractivity contribution is 6.25. The fourth-order valence-corrected chi connectivity index (χ4v) is 6.45. The second-order valence-corrected chi connectivity index (χ2v) is 10.8. The quantitative estimate of drug-likeness (QED) is 0.197. The summed E-state index contributed by atoms with van der Waals surface area (Å²) in [5.74, 6) is 0.0436. The highest BCUT2D eigenvalue weighted by Gasteiger charge is 2.39. The molecule has 212 valence electrons. The van der Waals surface area contributed by atoms with E-state index in [0.717, 1.165) is 33.0 Å². The van der Waals surface area contributed by atoms with Crippen molar-refractivity contribution in [3.63, 3.8) is 0 Å². The minimum absolute atomic E-state index is 0.0276. The summed E-state index contributed by atoms with van der Waals surface area (Å²) >= 11 is 0. The molecule has 0 saturated carbocycles. The van der Waals surface area contributed by atoms with Crippen molar-refractivity contribution in [2.45, 2.75) is 5.92 Å². The number of phenolic OH excluding ortho intramolecular Hbond substituents is 4. The Bertz CT molecular complexity index is 2250. The lowest BCUT2D eigenvalue weighted by atomic mass is 9.95. The van der Waals surface area contributed by atoms with Gasteiger partial charge in [-0.05, 0) is 70.8 Å². The summed E-state index contributed by atoms with van der Waals surface area (Å²) in [4.78, 5) is 20.6. The molecule has 0 atom stereocenters. The summed E-state index contributed by atoms with van der Waals surface area (Å²) < 4.78 is 16.8. The number of halogens is 1. The van der Waals surface area contributed by atoms with Crippen LogP contribution in [0.15, 0.2) is 117 Å². The van der Waals surface area contributed by atoms with E-state index < -0.39 is 11.7 Å². The number of phenols is 4. The molecule has 9 rings (SSSR count). The summed E-state index contributed by atoms with van der Waals surface area (Å²) in [6.07, 6.45) is 2.53. The van der Waals surface area contributed by atoms with E-state index in [4.69, 9.17) is 15.0 Å². The zero-order valence-electron chi connectivity index (χ0n) is 22.5. The monoisotopic (exact) mass is 582 g/mol. The maximum Gasteiger partial charge on any atom is 0.242 e. The Balaban J connectivity index is 1.29. The molecular weight excluding hydrogens is 563 g/mol. The van der Waals surface area contributed by atoms with E-state index in [2.05, 4.69) is 4.99 Å². The number of aliphatic imine (C=N–C) groups is 4. The summed E-state index contributed by atoms with van der Waals surface area (Å²) in [5.41, 5.74) is 4.34. The van der Waals surface area contributed by atoms with Gasteiger partial charge in [-0.2, -0.15) is 15.0 Å². The number of allylic oxidation sites excluding steroid dienone is 2. The molecule has 0 saturated heterocycles. The normalized spacial score (nSPS) is 16.9. The second-order valence-electron chi connectivity index (χ2n) is 10.8. The largest absolute Gasteiger partial charge is 0.508 e. The van der Waals surface area contributed by atoms with Crippen LogP contribution in [0.4, 0.5) is 4.39 Å². The molecule has 44 heavy (non-hydrogen) atoms. The average molecular weight is 583 g/mol. The standard InChI is InChI=1S/C33H19FN6O4/c34-15-9-28-35-31(30-24-11-16(41)1-5-20(24)21-6-2-17(42)12-25(21)30)37-33-38-32(36-29(10-15)40(28)33)39-26-13-18(43)3-7-22(26)23-8-4-19(44)14-27(23)39/h1-14,30,41-44H. The van der Waals surface area contributed by atoms with Gasteiger partial charge < -0.3 is 20.4 Å². The van der Waals surface area contributed by atoms with Gasteiger partial charge in [0.1, 0.15) is 46.3 Å². The first-order valence-corrected chi connectivity index (χ1v) is 13.7. The number of amidine groups is 2. The third-order valence-electron chi connectivity index (χ3n) is 8.23. The van der Waals surface area contributed by atoms with Crippen molar-refractivity contribution in [2.24, 2.45) is 20.0 Å². The fraction of sp³-hybridized carbons (Fsp3) is 0.0303. The van der Waals surface area contributed by atoms with Gasteiger partial charge in [-0.25, -0.2) is 14.3 Å². The summed E-state index contributed by atoms with van der Waals surface area (Å²) in [6, 6.07) is 19.9. The number of benzene rings is 4. The topological polar surface area (TPSA) is 139 Å². The molecule has 0 fully saturated rings. The molecule has 0 radical (unpaired) electrons. The fourth-order valence-electron chi connectivity index (χ4n) is 6.45. The number of fused-ring (bicyclic) bond motifs is 6. The van der Waals surface area contributed by atoms with Gasteiger partial charge in [-0.15, -0.1) is 0 Å². The number of aromatic hydroxyl groups is 4. The van der Waals surface area contributed by atoms with Crippen molar-refractivity contribution in [2.75, 3.05) is 0 Å². The predicted molar refractivity (Wildman–Crippen MR) is 164 cm³/mol. The van der Waals surface area contributed by atoms with Gasteiger partial charge in [0.2, 0.25) is 11.9 Å². The van der Waals surface area contributed by atoms with E-state index in [1.165, 1.54) is 12.2 Å². The summed E-state index contributed by atoms with van der Waals surface area (Å²) in [7, 11) is 0. The van der Waals surface area contributed by atoms with Crippen LogP contribution in [0.25, 0.3) is 32.9 Å². The highest BCUT2D eigenvalue weighted by Crippen LogP contribution is 2.49. The van der Waals surface area contributed by atoms with E-state index in [9.17, 15) is 20.4 Å². The van der Waals surface area contributed by atoms with E-state index in [1.807, 2.05) is 0 Å². The van der Waals surface area contributed by atoms with Gasteiger partial charge in [0.25, 0.3) is 0 Å². The Morgan fingerprint density at radius 1 is 0.591 bits per heavy atom. The third-order valence-corrected chi connectivity index (χ3v) is 8.23. The number of hydrogen-bond acceptors (Lipinski definition) is 9. The zero-order chi connectivity index (χ0) is 29.9. The molecule has 4 N–H and O–H groups in total. The van der Waals surface area contributed by atoms with Gasteiger partial charge >= 0.3 is 0 Å². The first kappa shape index (κ1) is 24.4. The lowest BCUT2D eigenvalue weighted by Crippen LogP contribution is -2.43. The minimum atomic E-state index is -0.591. The van der Waals surface area contributed by atoms with E-state index in [1.54, 1.807) is 82.3 Å². The van der Waals surface area contributed by atoms with E-state index in [0.29, 0.717) is 11.0 Å². The SMILES string of the molecule is Oc1ccc2c(c1)C(C1=NC3=CC(F)=CC4=NC(n5c6cc(O)ccc6c6ccc(O)cc65)=NC(=N1)N34)c1cc(O)ccc1-2. The van der Waals surface area contributed by atoms with Gasteiger partial charge in [0.15, 0.2) is 0 Å². The molecule has 0 unspecified atom stereocenters. The smallest absolute Gasteiger partial charge is 0.242 e. The Morgan fingerprint density at radius 3 is 1.77 bits per heavy atom. The van der Waals surface area contributed by atoms with Crippen LogP contribution < -0.4 is 0 Å². The zero-order valence-corrected chi connectivity index (χ0v) is 22.5. The second kappa shape index (κ2) is 8.42.